The molecule has 0 bridgehead atoms. The van der Waals surface area contributed by atoms with Crippen LogP contribution in [0.25, 0.3) is 0 Å². The van der Waals surface area contributed by atoms with Crippen LogP contribution in [-0.2, 0) is 30.9 Å². The standard InChI is InChI=1S/C19H24N4O3/c24-19-8-14-12-25-7-5-17(14)20-23(19)11-16-2-1-6-22(16)10-15-9-18(26-21-15)13-3-4-13/h8-9,13,16H,1-7,10-12H2. The lowest BCUT2D eigenvalue weighted by atomic mass is 10.1. The molecule has 0 radical (unpaired) electrons. The van der Waals surface area contributed by atoms with Crippen molar-refractivity contribution in [2.24, 2.45) is 0 Å². The van der Waals surface area contributed by atoms with E-state index in [0.717, 1.165) is 55.1 Å². The summed E-state index contributed by atoms with van der Waals surface area (Å²) in [7, 11) is 0. The van der Waals surface area contributed by atoms with Gasteiger partial charge in [-0.1, -0.05) is 5.16 Å². The van der Waals surface area contributed by atoms with E-state index >= 15 is 0 Å². The fraction of sp³-hybridized carbons (Fsp3) is 0.632. The zero-order chi connectivity index (χ0) is 17.5. The Bertz CT molecular complexity index is 855. The molecule has 1 saturated carbocycles. The average Bonchev–Trinajstić information content (AvgIpc) is 3.24. The summed E-state index contributed by atoms with van der Waals surface area (Å²) in [6.45, 7) is 3.64. The molecular weight excluding hydrogens is 332 g/mol. The summed E-state index contributed by atoms with van der Waals surface area (Å²) in [4.78, 5) is 14.8. The van der Waals surface area contributed by atoms with Crippen molar-refractivity contribution in [1.29, 1.82) is 0 Å². The van der Waals surface area contributed by atoms with E-state index in [9.17, 15) is 4.79 Å². The molecule has 1 atom stereocenters. The second kappa shape index (κ2) is 6.63. The topological polar surface area (TPSA) is 73.4 Å². The van der Waals surface area contributed by atoms with E-state index in [0.29, 0.717) is 31.7 Å². The van der Waals surface area contributed by atoms with E-state index in [4.69, 9.17) is 9.26 Å². The molecule has 4 heterocycles. The first-order valence-electron chi connectivity index (χ1n) is 9.63. The first-order chi connectivity index (χ1) is 12.8. The van der Waals surface area contributed by atoms with Gasteiger partial charge < -0.3 is 9.26 Å². The molecule has 5 rings (SSSR count). The second-order valence-electron chi connectivity index (χ2n) is 7.70. The average molecular weight is 356 g/mol. The summed E-state index contributed by atoms with van der Waals surface area (Å²) in [5.41, 5.74) is 2.92. The van der Waals surface area contributed by atoms with Gasteiger partial charge in [0.2, 0.25) is 0 Å². The van der Waals surface area contributed by atoms with Crippen molar-refractivity contribution in [3.05, 3.63) is 45.2 Å². The third-order valence-electron chi connectivity index (χ3n) is 5.71. The van der Waals surface area contributed by atoms with Gasteiger partial charge in [0.25, 0.3) is 5.56 Å². The number of ether oxygens (including phenoxy) is 1. The van der Waals surface area contributed by atoms with Crippen molar-refractivity contribution in [3.8, 4) is 0 Å². The molecular formula is C19H24N4O3. The Morgan fingerprint density at radius 2 is 2.15 bits per heavy atom. The second-order valence-corrected chi connectivity index (χ2v) is 7.70. The summed E-state index contributed by atoms with van der Waals surface area (Å²) in [6, 6.07) is 4.12. The minimum Gasteiger partial charge on any atom is -0.376 e. The SMILES string of the molecule is O=c1cc2c(nn1CC1CCCN1Cc1cc(C3CC3)on1)CCOC2. The Kier molecular flexibility index (Phi) is 4.13. The predicted molar refractivity (Wildman–Crippen MR) is 93.8 cm³/mol. The molecule has 0 N–H and O–H groups in total. The number of hydrogen-bond donors (Lipinski definition) is 0. The van der Waals surface area contributed by atoms with E-state index in [1.807, 2.05) is 0 Å². The van der Waals surface area contributed by atoms with Crippen LogP contribution in [0.4, 0.5) is 0 Å². The Hall–Kier alpha value is -1.99. The van der Waals surface area contributed by atoms with Gasteiger partial charge in [-0.25, -0.2) is 4.68 Å². The first-order valence-corrected chi connectivity index (χ1v) is 9.63. The molecule has 1 saturated heterocycles. The van der Waals surface area contributed by atoms with Crippen molar-refractivity contribution in [2.45, 2.75) is 63.8 Å². The van der Waals surface area contributed by atoms with Crippen molar-refractivity contribution in [3.63, 3.8) is 0 Å². The van der Waals surface area contributed by atoms with Gasteiger partial charge in [0, 0.05) is 42.6 Å². The highest BCUT2D eigenvalue weighted by Gasteiger charge is 2.30. The maximum Gasteiger partial charge on any atom is 0.267 e. The monoisotopic (exact) mass is 356 g/mol. The van der Waals surface area contributed by atoms with Gasteiger partial charge in [-0.05, 0) is 32.2 Å². The molecule has 0 spiro atoms. The van der Waals surface area contributed by atoms with Crippen LogP contribution in [0.1, 0.15) is 54.3 Å². The normalized spacial score (nSPS) is 23.3. The fourth-order valence-electron chi connectivity index (χ4n) is 4.06. The number of aromatic nitrogens is 3. The molecule has 26 heavy (non-hydrogen) atoms. The van der Waals surface area contributed by atoms with Gasteiger partial charge in [-0.3, -0.25) is 9.69 Å². The highest BCUT2D eigenvalue weighted by atomic mass is 16.5. The van der Waals surface area contributed by atoms with Crippen LogP contribution in [0.15, 0.2) is 21.5 Å². The first kappa shape index (κ1) is 16.2. The molecule has 7 heteroatoms. The van der Waals surface area contributed by atoms with Gasteiger partial charge >= 0.3 is 0 Å². The van der Waals surface area contributed by atoms with Crippen LogP contribution in [-0.4, -0.2) is 39.0 Å². The molecule has 0 amide bonds. The zero-order valence-electron chi connectivity index (χ0n) is 14.9. The van der Waals surface area contributed by atoms with Gasteiger partial charge in [0.15, 0.2) is 0 Å². The van der Waals surface area contributed by atoms with Gasteiger partial charge in [-0.2, -0.15) is 5.10 Å². The Morgan fingerprint density at radius 1 is 1.23 bits per heavy atom. The molecule has 1 aliphatic carbocycles. The molecule has 1 unspecified atom stereocenters. The molecule has 2 aromatic rings. The summed E-state index contributed by atoms with van der Waals surface area (Å²) >= 11 is 0. The lowest BCUT2D eigenvalue weighted by molar-refractivity contribution is 0.107. The summed E-state index contributed by atoms with van der Waals surface area (Å²) in [5, 5.41) is 8.86. The Balaban J connectivity index is 1.30. The van der Waals surface area contributed by atoms with Gasteiger partial charge in [0.05, 0.1) is 31.1 Å². The molecule has 7 nitrogen and oxygen atoms in total. The van der Waals surface area contributed by atoms with E-state index in [2.05, 4.69) is 21.2 Å². The minimum atomic E-state index is -0.0291. The quantitative estimate of drug-likeness (QED) is 0.814. The van der Waals surface area contributed by atoms with Crippen molar-refractivity contribution < 1.29 is 9.26 Å². The molecule has 2 aromatic heterocycles. The molecule has 138 valence electrons. The summed E-state index contributed by atoms with van der Waals surface area (Å²) in [5.74, 6) is 1.62. The van der Waals surface area contributed by atoms with Gasteiger partial charge in [-0.15, -0.1) is 0 Å². The smallest absolute Gasteiger partial charge is 0.267 e. The molecule has 2 aliphatic heterocycles. The van der Waals surface area contributed by atoms with Crippen LogP contribution in [0, 0.1) is 0 Å². The van der Waals surface area contributed by atoms with Crippen LogP contribution in [0.2, 0.25) is 0 Å². The summed E-state index contributed by atoms with van der Waals surface area (Å²) < 4.78 is 12.5. The van der Waals surface area contributed by atoms with Gasteiger partial charge in [0.1, 0.15) is 5.76 Å². The Morgan fingerprint density at radius 3 is 3.04 bits per heavy atom. The molecule has 2 fully saturated rings. The molecule has 0 aromatic carbocycles. The number of rotatable bonds is 5. The maximum absolute atomic E-state index is 12.4. The highest BCUT2D eigenvalue weighted by molar-refractivity contribution is 5.19. The Labute approximate surface area is 151 Å². The summed E-state index contributed by atoms with van der Waals surface area (Å²) in [6.07, 6.45) is 5.46. The van der Waals surface area contributed by atoms with E-state index < -0.39 is 0 Å². The zero-order valence-corrected chi connectivity index (χ0v) is 14.9. The van der Waals surface area contributed by atoms with Crippen LogP contribution >= 0.6 is 0 Å². The van der Waals surface area contributed by atoms with Crippen LogP contribution in [0.3, 0.4) is 0 Å². The third kappa shape index (κ3) is 3.21. The maximum atomic E-state index is 12.4. The number of fused-ring (bicyclic) bond motifs is 1. The van der Waals surface area contributed by atoms with E-state index in [1.165, 1.54) is 12.8 Å². The van der Waals surface area contributed by atoms with Crippen molar-refractivity contribution >= 4 is 0 Å². The predicted octanol–water partition coefficient (Wildman–Crippen LogP) is 1.85. The van der Waals surface area contributed by atoms with Crippen molar-refractivity contribution in [2.75, 3.05) is 13.2 Å². The number of hydrogen-bond acceptors (Lipinski definition) is 6. The lowest BCUT2D eigenvalue weighted by Crippen LogP contribution is -2.37. The molecule has 3 aliphatic rings. The third-order valence-corrected chi connectivity index (χ3v) is 5.71. The van der Waals surface area contributed by atoms with Crippen LogP contribution in [0.5, 0.6) is 0 Å². The van der Waals surface area contributed by atoms with Crippen molar-refractivity contribution in [1.82, 2.24) is 19.8 Å². The fourth-order valence-corrected chi connectivity index (χ4v) is 4.06. The van der Waals surface area contributed by atoms with E-state index in [-0.39, 0.29) is 5.56 Å². The largest absolute Gasteiger partial charge is 0.376 e. The van der Waals surface area contributed by atoms with Crippen LogP contribution < -0.4 is 5.56 Å². The number of nitrogens with zero attached hydrogens (tertiary/aromatic N) is 4. The lowest BCUT2D eigenvalue weighted by Gasteiger charge is -2.24. The highest BCUT2D eigenvalue weighted by Crippen LogP contribution is 2.40. The minimum absolute atomic E-state index is 0.0291. The number of likely N-dealkylation sites (tertiary alicyclic amines) is 1. The van der Waals surface area contributed by atoms with E-state index in [1.54, 1.807) is 10.7 Å².